The molecule has 3 aromatic rings. The van der Waals surface area contributed by atoms with E-state index in [-0.39, 0.29) is 27.8 Å². The van der Waals surface area contributed by atoms with Crippen LogP contribution in [0.4, 0.5) is 9.52 Å². The Morgan fingerprint density at radius 3 is 2.42 bits per heavy atom. The normalized spacial score (nSPS) is 16.3. The fourth-order valence-corrected chi connectivity index (χ4v) is 5.26. The van der Waals surface area contributed by atoms with Crippen LogP contribution in [0.25, 0.3) is 5.76 Å². The second-order valence-electron chi connectivity index (χ2n) is 8.80. The first-order valence-electron chi connectivity index (χ1n) is 12.8. The zero-order valence-electron chi connectivity index (χ0n) is 22.5. The number of halogens is 1. The molecule has 0 bridgehead atoms. The Hall–Kier alpha value is -4.25. The number of nitrogens with zero attached hydrogens (tertiary/aromatic N) is 2. The molecule has 1 aliphatic rings. The highest BCUT2D eigenvalue weighted by Crippen LogP contribution is 2.45. The first kappa shape index (κ1) is 28.8. The van der Waals surface area contributed by atoms with E-state index in [0.717, 1.165) is 34.8 Å². The lowest BCUT2D eigenvalue weighted by molar-refractivity contribution is -0.132. The number of hydrogen-bond acceptors (Lipinski definition) is 9. The smallest absolute Gasteiger partial charge is 0.350 e. The highest BCUT2D eigenvalue weighted by atomic mass is 32.1. The summed E-state index contributed by atoms with van der Waals surface area (Å²) in [7, 11) is 0. The molecule has 9 nitrogen and oxygen atoms in total. The third-order valence-electron chi connectivity index (χ3n) is 6.06. The van der Waals surface area contributed by atoms with Crippen LogP contribution in [0.15, 0.2) is 48.0 Å². The largest absolute Gasteiger partial charge is 0.507 e. The van der Waals surface area contributed by atoms with E-state index in [1.807, 2.05) is 13.8 Å². The zero-order valence-corrected chi connectivity index (χ0v) is 23.3. The topological polar surface area (TPSA) is 115 Å². The fraction of sp³-hybridized carbons (Fsp3) is 0.310. The molecule has 1 amide bonds. The molecule has 210 valence electrons. The number of Topliss-reactive ketones (excluding diaryl/α,β-unsaturated/α-hetero) is 1. The van der Waals surface area contributed by atoms with Gasteiger partial charge >= 0.3 is 11.9 Å². The van der Waals surface area contributed by atoms with Crippen molar-refractivity contribution in [1.82, 2.24) is 4.98 Å². The molecular weight excluding hydrogens is 539 g/mol. The highest BCUT2D eigenvalue weighted by Gasteiger charge is 2.48. The van der Waals surface area contributed by atoms with Crippen molar-refractivity contribution < 1.29 is 38.1 Å². The molecule has 0 spiro atoms. The lowest BCUT2D eigenvalue weighted by Crippen LogP contribution is -2.29. The number of carbonyl (C=O) groups excluding carboxylic acids is 3. The molecule has 40 heavy (non-hydrogen) atoms. The van der Waals surface area contributed by atoms with Crippen molar-refractivity contribution in [1.29, 1.82) is 0 Å². The van der Waals surface area contributed by atoms with Crippen molar-refractivity contribution in [2.24, 2.45) is 0 Å². The standard InChI is InChI=1S/C29H29FN2O7S/c1-5-14-39-20-13-10-18(15-21(20)37-6-2)23-22(24(33)17-8-11-19(30)12-9-17)25(34)27(35)32(23)29-31-16(4)26(40-29)28(36)38-7-3/h8-13,15,23,33H,5-7,14H2,1-4H3. The summed E-state index contributed by atoms with van der Waals surface area (Å²) in [5.74, 6) is -2.62. The first-order chi connectivity index (χ1) is 19.2. The Morgan fingerprint density at radius 1 is 1.05 bits per heavy atom. The summed E-state index contributed by atoms with van der Waals surface area (Å²) in [4.78, 5) is 45.2. The number of thiazole rings is 1. The Bertz CT molecular complexity index is 1470. The lowest BCUT2D eigenvalue weighted by atomic mass is 9.95. The number of aliphatic hydroxyl groups is 1. The van der Waals surface area contributed by atoms with E-state index >= 15 is 0 Å². The maximum atomic E-state index is 13.6. The lowest BCUT2D eigenvalue weighted by Gasteiger charge is -2.24. The highest BCUT2D eigenvalue weighted by molar-refractivity contribution is 7.17. The number of aryl methyl sites for hydroxylation is 1. The van der Waals surface area contributed by atoms with Gasteiger partial charge in [-0.1, -0.05) is 24.3 Å². The molecule has 1 saturated heterocycles. The van der Waals surface area contributed by atoms with Gasteiger partial charge in [-0.25, -0.2) is 14.2 Å². The van der Waals surface area contributed by atoms with Crippen LogP contribution in [0, 0.1) is 12.7 Å². The SMILES string of the molecule is CCCOc1ccc(C2C(=C(O)c3ccc(F)cc3)C(=O)C(=O)N2c2nc(C)c(C(=O)OCC)s2)cc1OCC. The summed E-state index contributed by atoms with van der Waals surface area (Å²) >= 11 is 0.907. The second kappa shape index (κ2) is 12.3. The fourth-order valence-electron chi connectivity index (χ4n) is 4.27. The number of anilines is 1. The second-order valence-corrected chi connectivity index (χ2v) is 9.77. The summed E-state index contributed by atoms with van der Waals surface area (Å²) in [6.07, 6.45) is 0.775. The summed E-state index contributed by atoms with van der Waals surface area (Å²) in [6.45, 7) is 7.99. The number of hydrogen-bond donors (Lipinski definition) is 1. The van der Waals surface area contributed by atoms with Crippen LogP contribution in [0.2, 0.25) is 0 Å². The van der Waals surface area contributed by atoms with Crippen molar-refractivity contribution in [2.45, 2.75) is 40.2 Å². The molecule has 2 heterocycles. The van der Waals surface area contributed by atoms with Crippen molar-refractivity contribution in [3.05, 3.63) is 75.6 Å². The Morgan fingerprint density at radius 2 is 1.77 bits per heavy atom. The molecule has 0 saturated carbocycles. The van der Waals surface area contributed by atoms with Crippen LogP contribution in [-0.2, 0) is 14.3 Å². The van der Waals surface area contributed by atoms with E-state index in [2.05, 4.69) is 4.98 Å². The van der Waals surface area contributed by atoms with Crippen LogP contribution >= 0.6 is 11.3 Å². The third kappa shape index (κ3) is 5.55. The average molecular weight is 569 g/mol. The zero-order chi connectivity index (χ0) is 29.0. The van der Waals surface area contributed by atoms with Crippen LogP contribution in [-0.4, -0.2) is 47.6 Å². The predicted octanol–water partition coefficient (Wildman–Crippen LogP) is 5.58. The number of amides is 1. The number of aliphatic hydroxyl groups excluding tert-OH is 1. The van der Waals surface area contributed by atoms with Gasteiger partial charge in [0.2, 0.25) is 0 Å². The molecule has 1 fully saturated rings. The van der Waals surface area contributed by atoms with Gasteiger partial charge in [-0.3, -0.25) is 14.5 Å². The Balaban J connectivity index is 1.92. The van der Waals surface area contributed by atoms with Gasteiger partial charge in [0.05, 0.1) is 37.1 Å². The molecule has 1 unspecified atom stereocenters. The van der Waals surface area contributed by atoms with Gasteiger partial charge in [0.1, 0.15) is 16.5 Å². The maximum absolute atomic E-state index is 13.6. The minimum Gasteiger partial charge on any atom is -0.507 e. The molecule has 2 aromatic carbocycles. The van der Waals surface area contributed by atoms with E-state index < -0.39 is 35.3 Å². The number of aromatic nitrogens is 1. The van der Waals surface area contributed by atoms with Gasteiger partial charge in [-0.05, 0) is 69.2 Å². The number of ether oxygens (including phenoxy) is 3. The summed E-state index contributed by atoms with van der Waals surface area (Å²) in [5.41, 5.74) is 0.698. The number of carbonyl (C=O) groups is 3. The summed E-state index contributed by atoms with van der Waals surface area (Å²) in [6, 6.07) is 8.76. The third-order valence-corrected chi connectivity index (χ3v) is 7.20. The van der Waals surface area contributed by atoms with Gasteiger partial charge in [-0.2, -0.15) is 0 Å². The van der Waals surface area contributed by atoms with E-state index in [1.54, 1.807) is 32.0 Å². The van der Waals surface area contributed by atoms with Crippen molar-refractivity contribution >= 4 is 39.9 Å². The van der Waals surface area contributed by atoms with E-state index in [1.165, 1.54) is 12.1 Å². The minimum absolute atomic E-state index is 0.0788. The van der Waals surface area contributed by atoms with E-state index in [4.69, 9.17) is 14.2 Å². The number of ketones is 1. The van der Waals surface area contributed by atoms with Crippen LogP contribution in [0.1, 0.15) is 59.7 Å². The van der Waals surface area contributed by atoms with Gasteiger partial charge in [0.15, 0.2) is 16.6 Å². The summed E-state index contributed by atoms with van der Waals surface area (Å²) in [5, 5.41) is 11.3. The molecule has 1 aliphatic heterocycles. The molecule has 0 radical (unpaired) electrons. The van der Waals surface area contributed by atoms with E-state index in [0.29, 0.717) is 36.0 Å². The quantitative estimate of drug-likeness (QED) is 0.146. The van der Waals surface area contributed by atoms with Crippen LogP contribution in [0.5, 0.6) is 11.5 Å². The van der Waals surface area contributed by atoms with Gasteiger partial charge in [0.25, 0.3) is 5.78 Å². The average Bonchev–Trinajstić information content (AvgIpc) is 3.44. The molecule has 11 heteroatoms. The molecule has 0 aliphatic carbocycles. The van der Waals surface area contributed by atoms with E-state index in [9.17, 15) is 23.9 Å². The van der Waals surface area contributed by atoms with Gasteiger partial charge in [0, 0.05) is 5.56 Å². The maximum Gasteiger partial charge on any atom is 0.350 e. The first-order valence-corrected chi connectivity index (χ1v) is 13.6. The Labute approximate surface area is 234 Å². The molecule has 1 N–H and O–H groups in total. The number of esters is 1. The predicted molar refractivity (Wildman–Crippen MR) is 147 cm³/mol. The molecule has 4 rings (SSSR count). The molecular formula is C29H29FN2O7S. The van der Waals surface area contributed by atoms with Gasteiger partial charge in [-0.15, -0.1) is 0 Å². The number of rotatable bonds is 10. The van der Waals surface area contributed by atoms with Crippen LogP contribution < -0.4 is 14.4 Å². The van der Waals surface area contributed by atoms with Crippen LogP contribution in [0.3, 0.4) is 0 Å². The number of benzene rings is 2. The monoisotopic (exact) mass is 568 g/mol. The van der Waals surface area contributed by atoms with Crippen molar-refractivity contribution in [3.63, 3.8) is 0 Å². The Kier molecular flexibility index (Phi) is 8.83. The summed E-state index contributed by atoms with van der Waals surface area (Å²) < 4.78 is 30.3. The van der Waals surface area contributed by atoms with Crippen molar-refractivity contribution in [3.8, 4) is 11.5 Å². The molecule has 1 atom stereocenters. The molecule has 1 aromatic heterocycles. The van der Waals surface area contributed by atoms with Gasteiger partial charge < -0.3 is 19.3 Å². The van der Waals surface area contributed by atoms with Crippen molar-refractivity contribution in [2.75, 3.05) is 24.7 Å². The minimum atomic E-state index is -1.13.